The van der Waals surface area contributed by atoms with E-state index in [1.165, 1.54) is 0 Å². The molecule has 0 amide bonds. The largest absolute Gasteiger partial charge is 0.481 e. The van der Waals surface area contributed by atoms with Crippen molar-refractivity contribution >= 4 is 21.9 Å². The molecule has 0 aliphatic heterocycles. The van der Waals surface area contributed by atoms with Gasteiger partial charge in [-0.05, 0) is 0 Å². The molecule has 0 radical (unpaired) electrons. The Morgan fingerprint density at radius 2 is 2.00 bits per heavy atom. The molecule has 1 unspecified atom stereocenters. The lowest BCUT2D eigenvalue weighted by Crippen LogP contribution is -2.17. The van der Waals surface area contributed by atoms with Crippen molar-refractivity contribution in [1.82, 2.24) is 0 Å². The Labute approximate surface area is 57.0 Å². The molecule has 0 aliphatic carbocycles. The zero-order valence-corrected chi connectivity index (χ0v) is 6.47. The average molecular weight is 181 g/mol. The maximum absolute atomic E-state index is 10.1. The highest BCUT2D eigenvalue weighted by Crippen LogP contribution is 2.10. The van der Waals surface area contributed by atoms with Crippen LogP contribution < -0.4 is 0 Å². The van der Waals surface area contributed by atoms with Crippen molar-refractivity contribution in [2.45, 2.75) is 18.7 Å². The molecule has 1 N–H and O–H groups in total. The van der Waals surface area contributed by atoms with Gasteiger partial charge in [0.25, 0.3) is 0 Å². The van der Waals surface area contributed by atoms with Gasteiger partial charge in [0, 0.05) is 4.83 Å². The fourth-order valence-electron chi connectivity index (χ4n) is 0.196. The Balaban J connectivity index is 3.64. The van der Waals surface area contributed by atoms with Gasteiger partial charge in [-0.2, -0.15) is 0 Å². The van der Waals surface area contributed by atoms with Gasteiger partial charge in [-0.15, -0.1) is 0 Å². The fraction of sp³-hybridized carbons (Fsp3) is 0.800. The summed E-state index contributed by atoms with van der Waals surface area (Å²) in [4.78, 5) is 10.2. The quantitative estimate of drug-likeness (QED) is 0.655. The van der Waals surface area contributed by atoms with E-state index in [1.54, 1.807) is 6.92 Å². The first-order valence-corrected chi connectivity index (χ1v) is 3.34. The van der Waals surface area contributed by atoms with E-state index in [2.05, 4.69) is 15.9 Å². The number of carboxylic acids is 1. The number of alkyl halides is 1. The number of carbonyl (C=O) groups is 1. The normalized spacial score (nSPS) is 17.4. The van der Waals surface area contributed by atoms with Gasteiger partial charge in [0.2, 0.25) is 0 Å². The molecule has 3 heteroatoms. The molecule has 48 valence electrons. The first-order valence-electron chi connectivity index (χ1n) is 2.42. The lowest BCUT2D eigenvalue weighted by molar-refractivity contribution is -0.140. The van der Waals surface area contributed by atoms with Crippen LogP contribution in [0.15, 0.2) is 0 Å². The van der Waals surface area contributed by atoms with Gasteiger partial charge in [0.05, 0.1) is 5.92 Å². The van der Waals surface area contributed by atoms with Crippen molar-refractivity contribution in [3.8, 4) is 0 Å². The van der Waals surface area contributed by atoms with Crippen LogP contribution in [-0.2, 0) is 4.79 Å². The van der Waals surface area contributed by atoms with Crippen molar-refractivity contribution < 1.29 is 9.90 Å². The predicted octanol–water partition coefficient (Wildman–Crippen LogP) is 1.49. The van der Waals surface area contributed by atoms with Crippen LogP contribution in [0.3, 0.4) is 0 Å². The maximum atomic E-state index is 10.1. The van der Waals surface area contributed by atoms with Gasteiger partial charge < -0.3 is 5.11 Å². The molecule has 0 bridgehead atoms. The Bertz CT molecular complexity index is 90.4. The molecule has 0 saturated carbocycles. The minimum Gasteiger partial charge on any atom is -0.481 e. The van der Waals surface area contributed by atoms with Gasteiger partial charge in [-0.3, -0.25) is 4.79 Å². The van der Waals surface area contributed by atoms with Crippen LogP contribution in [0.25, 0.3) is 0 Å². The number of hydrogen-bond acceptors (Lipinski definition) is 1. The molecular weight excluding hydrogens is 172 g/mol. The summed E-state index contributed by atoms with van der Waals surface area (Å²) in [5.74, 6) is -1.05. The Morgan fingerprint density at radius 1 is 1.62 bits per heavy atom. The highest BCUT2D eigenvalue weighted by atomic mass is 79.9. The van der Waals surface area contributed by atoms with Gasteiger partial charge >= 0.3 is 5.97 Å². The molecule has 0 spiro atoms. The molecule has 2 nitrogen and oxygen atoms in total. The maximum Gasteiger partial charge on any atom is 0.307 e. The van der Waals surface area contributed by atoms with E-state index in [-0.39, 0.29) is 10.7 Å². The Morgan fingerprint density at radius 3 is 2.00 bits per heavy atom. The molecule has 0 aromatic heterocycles. The number of carboxylic acid groups (broad SMARTS) is 1. The van der Waals surface area contributed by atoms with E-state index < -0.39 is 5.97 Å². The zero-order valence-electron chi connectivity index (χ0n) is 4.89. The van der Waals surface area contributed by atoms with Crippen molar-refractivity contribution in [3.63, 3.8) is 0 Å². The Hall–Kier alpha value is -0.0500. The van der Waals surface area contributed by atoms with E-state index in [1.807, 2.05) is 6.92 Å². The van der Waals surface area contributed by atoms with Crippen LogP contribution in [-0.4, -0.2) is 15.9 Å². The van der Waals surface area contributed by atoms with Crippen LogP contribution in [0.2, 0.25) is 0 Å². The average Bonchev–Trinajstić information content (AvgIpc) is 1.64. The fourth-order valence-corrected chi connectivity index (χ4v) is 0.423. The van der Waals surface area contributed by atoms with Crippen molar-refractivity contribution in [1.29, 1.82) is 0 Å². The third-order valence-corrected chi connectivity index (χ3v) is 1.87. The van der Waals surface area contributed by atoms with E-state index in [0.717, 1.165) is 0 Å². The van der Waals surface area contributed by atoms with Crippen molar-refractivity contribution in [3.05, 3.63) is 0 Å². The summed E-state index contributed by atoms with van der Waals surface area (Å²) in [6.45, 7) is 3.49. The monoisotopic (exact) mass is 180 g/mol. The van der Waals surface area contributed by atoms with E-state index in [9.17, 15) is 4.79 Å². The van der Waals surface area contributed by atoms with Crippen LogP contribution >= 0.6 is 15.9 Å². The molecule has 0 heterocycles. The third kappa shape index (κ3) is 2.31. The first kappa shape index (κ1) is 7.95. The van der Waals surface area contributed by atoms with E-state index in [0.29, 0.717) is 0 Å². The van der Waals surface area contributed by atoms with Gasteiger partial charge in [0.15, 0.2) is 0 Å². The van der Waals surface area contributed by atoms with Gasteiger partial charge in [0.1, 0.15) is 0 Å². The molecule has 0 aliphatic rings. The second-order valence-corrected chi connectivity index (χ2v) is 3.25. The zero-order chi connectivity index (χ0) is 6.73. The molecule has 0 saturated heterocycles. The molecule has 2 atom stereocenters. The second-order valence-electron chi connectivity index (χ2n) is 1.80. The van der Waals surface area contributed by atoms with Gasteiger partial charge in [-0.1, -0.05) is 29.8 Å². The van der Waals surface area contributed by atoms with Gasteiger partial charge in [-0.25, -0.2) is 0 Å². The number of halogens is 1. The van der Waals surface area contributed by atoms with Crippen molar-refractivity contribution in [2.75, 3.05) is 0 Å². The molecule has 0 aromatic rings. The molecule has 0 fully saturated rings. The molecule has 0 rings (SSSR count). The summed E-state index contributed by atoms with van der Waals surface area (Å²) in [6, 6.07) is 0. The minimum atomic E-state index is -0.755. The minimum absolute atomic E-state index is 0.0556. The SMILES string of the molecule is CC(Br)[C@H](C)C(=O)O. The second kappa shape index (κ2) is 3.07. The number of rotatable bonds is 2. The van der Waals surface area contributed by atoms with Crippen LogP contribution in [0.4, 0.5) is 0 Å². The van der Waals surface area contributed by atoms with E-state index >= 15 is 0 Å². The van der Waals surface area contributed by atoms with Crippen LogP contribution in [0.5, 0.6) is 0 Å². The predicted molar refractivity (Wildman–Crippen MR) is 35.2 cm³/mol. The summed E-state index contributed by atoms with van der Waals surface area (Å²) < 4.78 is 0. The summed E-state index contributed by atoms with van der Waals surface area (Å²) in [5, 5.41) is 8.32. The lowest BCUT2D eigenvalue weighted by Gasteiger charge is -2.05. The summed E-state index contributed by atoms with van der Waals surface area (Å²) >= 11 is 3.16. The topological polar surface area (TPSA) is 37.3 Å². The highest BCUT2D eigenvalue weighted by Gasteiger charge is 2.15. The first-order chi connectivity index (χ1) is 3.55. The molecule has 8 heavy (non-hydrogen) atoms. The highest BCUT2D eigenvalue weighted by molar-refractivity contribution is 9.09. The van der Waals surface area contributed by atoms with Crippen molar-refractivity contribution in [2.24, 2.45) is 5.92 Å². The molecule has 0 aromatic carbocycles. The number of hydrogen-bond donors (Lipinski definition) is 1. The van der Waals surface area contributed by atoms with E-state index in [4.69, 9.17) is 5.11 Å². The van der Waals surface area contributed by atoms with Crippen LogP contribution in [0.1, 0.15) is 13.8 Å². The van der Waals surface area contributed by atoms with Crippen LogP contribution in [0, 0.1) is 5.92 Å². The standard InChI is InChI=1S/C5H9BrO2/c1-3(4(2)6)5(7)8/h3-4H,1-2H3,(H,7,8)/t3-,4?/m0/s1. The number of aliphatic carboxylic acids is 1. The summed E-state index contributed by atoms with van der Waals surface area (Å²) in [6.07, 6.45) is 0. The third-order valence-electron chi connectivity index (χ3n) is 1.08. The molecular formula is C5H9BrO2. The lowest BCUT2D eigenvalue weighted by atomic mass is 10.1. The Kier molecular flexibility index (Phi) is 3.05. The summed E-state index contributed by atoms with van der Waals surface area (Å²) in [5.41, 5.74) is 0. The summed E-state index contributed by atoms with van der Waals surface area (Å²) in [7, 11) is 0. The smallest absolute Gasteiger partial charge is 0.307 e.